The molecule has 4 rings (SSSR count). The number of pyridine rings is 1. The van der Waals surface area contributed by atoms with E-state index in [2.05, 4.69) is 10.3 Å². The van der Waals surface area contributed by atoms with Gasteiger partial charge in [-0.2, -0.15) is 0 Å². The van der Waals surface area contributed by atoms with Gasteiger partial charge < -0.3 is 10.1 Å². The first-order valence-corrected chi connectivity index (χ1v) is 12.4. The molecule has 1 unspecified atom stereocenters. The van der Waals surface area contributed by atoms with Crippen molar-refractivity contribution in [3.8, 4) is 5.75 Å². The smallest absolute Gasteiger partial charge is 0.243 e. The second-order valence-electron chi connectivity index (χ2n) is 8.17. The molecule has 1 aliphatic rings. The van der Waals surface area contributed by atoms with Gasteiger partial charge in [-0.05, 0) is 56.2 Å². The molecule has 180 valence electrons. The Hall–Kier alpha value is -3.65. The lowest BCUT2D eigenvalue weighted by Gasteiger charge is -2.16. The van der Waals surface area contributed by atoms with E-state index in [0.717, 1.165) is 22.5 Å². The molecule has 2 amide bonds. The molecule has 7 nitrogen and oxygen atoms in total. The van der Waals surface area contributed by atoms with Crippen molar-refractivity contribution in [1.82, 2.24) is 9.88 Å². The van der Waals surface area contributed by atoms with Crippen LogP contribution in [-0.4, -0.2) is 38.7 Å². The predicted molar refractivity (Wildman–Crippen MR) is 140 cm³/mol. The SMILES string of the molecule is CCOc1ccccc1N=C1SC(CC(=O)Nc2c(C)cccc2C)C(=O)N1Cc1ccccn1. The molecule has 3 aromatic rings. The van der Waals surface area contributed by atoms with Gasteiger partial charge in [-0.1, -0.05) is 48.2 Å². The number of aliphatic imine (C=N–C) groups is 1. The quantitative estimate of drug-likeness (QED) is 0.468. The molecule has 2 aromatic carbocycles. The summed E-state index contributed by atoms with van der Waals surface area (Å²) in [4.78, 5) is 37.1. The molecule has 1 fully saturated rings. The van der Waals surface area contributed by atoms with Crippen molar-refractivity contribution in [2.24, 2.45) is 4.99 Å². The Morgan fingerprint density at radius 1 is 1.09 bits per heavy atom. The van der Waals surface area contributed by atoms with Crippen LogP contribution in [0.2, 0.25) is 0 Å². The summed E-state index contributed by atoms with van der Waals surface area (Å²) < 4.78 is 5.71. The number of aromatic nitrogens is 1. The maximum atomic E-state index is 13.4. The van der Waals surface area contributed by atoms with E-state index in [4.69, 9.17) is 9.73 Å². The van der Waals surface area contributed by atoms with Gasteiger partial charge in [0, 0.05) is 18.3 Å². The number of anilines is 1. The number of carbonyl (C=O) groups excluding carboxylic acids is 2. The molecule has 1 aliphatic heterocycles. The third-order valence-electron chi connectivity index (χ3n) is 5.56. The highest BCUT2D eigenvalue weighted by Gasteiger charge is 2.39. The maximum absolute atomic E-state index is 13.4. The van der Waals surface area contributed by atoms with E-state index in [1.807, 2.05) is 81.4 Å². The van der Waals surface area contributed by atoms with Gasteiger partial charge in [0.05, 0.1) is 18.8 Å². The normalized spacial score (nSPS) is 16.5. The Morgan fingerprint density at radius 2 is 1.83 bits per heavy atom. The Balaban J connectivity index is 1.59. The van der Waals surface area contributed by atoms with Crippen LogP contribution in [-0.2, 0) is 16.1 Å². The number of hydrogen-bond acceptors (Lipinski definition) is 6. The van der Waals surface area contributed by atoms with Crippen LogP contribution in [0.25, 0.3) is 0 Å². The van der Waals surface area contributed by atoms with Crippen LogP contribution in [0.15, 0.2) is 71.9 Å². The fourth-order valence-electron chi connectivity index (χ4n) is 3.82. The zero-order valence-electron chi connectivity index (χ0n) is 20.0. The summed E-state index contributed by atoms with van der Waals surface area (Å²) in [6.07, 6.45) is 1.74. The summed E-state index contributed by atoms with van der Waals surface area (Å²) in [5.74, 6) is 0.275. The monoisotopic (exact) mass is 488 g/mol. The first-order chi connectivity index (χ1) is 17.0. The lowest BCUT2D eigenvalue weighted by molar-refractivity contribution is -0.128. The number of hydrogen-bond donors (Lipinski definition) is 1. The number of benzene rings is 2. The number of aryl methyl sites for hydroxylation is 2. The number of rotatable bonds is 8. The summed E-state index contributed by atoms with van der Waals surface area (Å²) in [6, 6.07) is 18.9. The number of ether oxygens (including phenoxy) is 1. The number of para-hydroxylation sites is 3. The van der Waals surface area contributed by atoms with Gasteiger partial charge in [-0.3, -0.25) is 19.5 Å². The van der Waals surface area contributed by atoms with Crippen molar-refractivity contribution in [3.05, 3.63) is 83.7 Å². The standard InChI is InChI=1S/C27H28N4O3S/c1-4-34-22-14-6-5-13-21(22)29-27-31(17-20-12-7-8-15-28-20)26(33)23(35-27)16-24(32)30-25-18(2)10-9-11-19(25)3/h5-15,23H,4,16-17H2,1-3H3,(H,30,32). The fraction of sp³-hybridized carbons (Fsp3) is 0.259. The van der Waals surface area contributed by atoms with Gasteiger partial charge >= 0.3 is 0 Å². The van der Waals surface area contributed by atoms with Crippen LogP contribution in [0, 0.1) is 13.8 Å². The van der Waals surface area contributed by atoms with Crippen molar-refractivity contribution in [2.45, 2.75) is 39.0 Å². The van der Waals surface area contributed by atoms with E-state index in [-0.39, 0.29) is 24.8 Å². The van der Waals surface area contributed by atoms with Crippen molar-refractivity contribution in [2.75, 3.05) is 11.9 Å². The molecule has 1 atom stereocenters. The van der Waals surface area contributed by atoms with Gasteiger partial charge in [0.15, 0.2) is 5.17 Å². The highest BCUT2D eigenvalue weighted by Crippen LogP contribution is 2.35. The average Bonchev–Trinajstić information content (AvgIpc) is 3.12. The zero-order chi connectivity index (χ0) is 24.8. The number of amides is 2. The minimum absolute atomic E-state index is 0.0438. The second kappa shape index (κ2) is 11.2. The van der Waals surface area contributed by atoms with Crippen LogP contribution in [0.5, 0.6) is 5.75 Å². The number of nitrogens with one attached hydrogen (secondary N) is 1. The minimum atomic E-state index is -0.582. The van der Waals surface area contributed by atoms with Crippen molar-refractivity contribution >= 4 is 40.1 Å². The molecule has 0 aliphatic carbocycles. The van der Waals surface area contributed by atoms with Crippen LogP contribution >= 0.6 is 11.8 Å². The Bertz CT molecular complexity index is 1230. The summed E-state index contributed by atoms with van der Waals surface area (Å²) in [5, 5.41) is 2.93. The topological polar surface area (TPSA) is 83.9 Å². The van der Waals surface area contributed by atoms with Gasteiger partial charge in [-0.25, -0.2) is 4.99 Å². The Morgan fingerprint density at radius 3 is 2.54 bits per heavy atom. The van der Waals surface area contributed by atoms with E-state index >= 15 is 0 Å². The van der Waals surface area contributed by atoms with E-state index in [1.165, 1.54) is 11.8 Å². The summed E-state index contributed by atoms with van der Waals surface area (Å²) >= 11 is 1.30. The van der Waals surface area contributed by atoms with E-state index in [9.17, 15) is 9.59 Å². The van der Waals surface area contributed by atoms with E-state index < -0.39 is 5.25 Å². The second-order valence-corrected chi connectivity index (χ2v) is 9.34. The minimum Gasteiger partial charge on any atom is -0.492 e. The van der Waals surface area contributed by atoms with Gasteiger partial charge in [-0.15, -0.1) is 0 Å². The maximum Gasteiger partial charge on any atom is 0.243 e. The molecule has 8 heteroatoms. The molecule has 1 N–H and O–H groups in total. The van der Waals surface area contributed by atoms with Crippen molar-refractivity contribution in [1.29, 1.82) is 0 Å². The van der Waals surface area contributed by atoms with Gasteiger partial charge in [0.25, 0.3) is 0 Å². The van der Waals surface area contributed by atoms with Crippen LogP contribution in [0.4, 0.5) is 11.4 Å². The van der Waals surface area contributed by atoms with E-state index in [0.29, 0.717) is 23.2 Å². The van der Waals surface area contributed by atoms with Crippen LogP contribution < -0.4 is 10.1 Å². The van der Waals surface area contributed by atoms with Gasteiger partial charge in [0.1, 0.15) is 16.7 Å². The number of carbonyl (C=O) groups is 2. The fourth-order valence-corrected chi connectivity index (χ4v) is 4.97. The van der Waals surface area contributed by atoms with Crippen molar-refractivity contribution in [3.63, 3.8) is 0 Å². The number of thioether (sulfide) groups is 1. The molecule has 0 bridgehead atoms. The van der Waals surface area contributed by atoms with Crippen LogP contribution in [0.3, 0.4) is 0 Å². The Labute approximate surface area is 209 Å². The highest BCUT2D eigenvalue weighted by molar-refractivity contribution is 8.15. The third kappa shape index (κ3) is 5.89. The third-order valence-corrected chi connectivity index (χ3v) is 6.74. The van der Waals surface area contributed by atoms with Crippen molar-refractivity contribution < 1.29 is 14.3 Å². The largest absolute Gasteiger partial charge is 0.492 e. The molecule has 0 spiro atoms. The molecule has 0 saturated carbocycles. The highest BCUT2D eigenvalue weighted by atomic mass is 32.2. The van der Waals surface area contributed by atoms with Gasteiger partial charge in [0.2, 0.25) is 11.8 Å². The lowest BCUT2D eigenvalue weighted by atomic mass is 10.1. The molecular formula is C27H28N4O3S. The summed E-state index contributed by atoms with van der Waals surface area (Å²) in [7, 11) is 0. The average molecular weight is 489 g/mol. The molecule has 1 aromatic heterocycles. The first kappa shape index (κ1) is 24.5. The molecule has 35 heavy (non-hydrogen) atoms. The Kier molecular flexibility index (Phi) is 7.82. The molecule has 1 saturated heterocycles. The summed E-state index contributed by atoms with van der Waals surface area (Å²) in [6.45, 7) is 6.60. The predicted octanol–water partition coefficient (Wildman–Crippen LogP) is 5.26. The van der Waals surface area contributed by atoms with Crippen LogP contribution in [0.1, 0.15) is 30.2 Å². The summed E-state index contributed by atoms with van der Waals surface area (Å²) in [5.41, 5.74) is 4.13. The molecular weight excluding hydrogens is 460 g/mol. The van der Waals surface area contributed by atoms with E-state index in [1.54, 1.807) is 11.1 Å². The molecule has 0 radical (unpaired) electrons. The lowest BCUT2D eigenvalue weighted by Crippen LogP contribution is -2.33. The molecule has 2 heterocycles. The zero-order valence-corrected chi connectivity index (χ0v) is 20.8. The number of nitrogens with zero attached hydrogens (tertiary/aromatic N) is 3. The number of amidine groups is 1. The first-order valence-electron chi connectivity index (χ1n) is 11.5.